The Balaban J connectivity index is 1.67. The minimum absolute atomic E-state index is 0.235. The van der Waals surface area contributed by atoms with Crippen LogP contribution in [0.3, 0.4) is 0 Å². The van der Waals surface area contributed by atoms with E-state index >= 15 is 0 Å². The second-order valence-electron chi connectivity index (χ2n) is 6.82. The molecule has 0 N–H and O–H groups in total. The Morgan fingerprint density at radius 1 is 1.39 bits per heavy atom. The summed E-state index contributed by atoms with van der Waals surface area (Å²) in [6.07, 6.45) is 5.94. The normalized spacial score (nSPS) is 25.9. The van der Waals surface area contributed by atoms with Crippen LogP contribution >= 0.6 is 0 Å². The van der Waals surface area contributed by atoms with Crippen LogP contribution in [0.5, 0.6) is 0 Å². The number of methoxy groups -OCH3 is 1. The lowest BCUT2D eigenvalue weighted by molar-refractivity contribution is 0.129. The number of pyridine rings is 1. The van der Waals surface area contributed by atoms with Gasteiger partial charge in [0.1, 0.15) is 4.90 Å². The van der Waals surface area contributed by atoms with Crippen LogP contribution in [0.1, 0.15) is 19.3 Å². The molecule has 1 spiro atoms. The molecule has 3 heterocycles. The van der Waals surface area contributed by atoms with E-state index in [0.29, 0.717) is 19.1 Å². The van der Waals surface area contributed by atoms with Crippen LogP contribution in [0.25, 0.3) is 0 Å². The Labute approximate surface area is 138 Å². The minimum Gasteiger partial charge on any atom is -0.383 e. The fourth-order valence-corrected chi connectivity index (χ4v) is 5.37. The van der Waals surface area contributed by atoms with Crippen LogP contribution in [0.4, 0.5) is 0 Å². The van der Waals surface area contributed by atoms with Gasteiger partial charge in [0.15, 0.2) is 0 Å². The molecule has 1 atom stereocenters. The summed E-state index contributed by atoms with van der Waals surface area (Å²) in [6.45, 7) is 2.95. The van der Waals surface area contributed by atoms with E-state index in [9.17, 15) is 8.42 Å². The molecular formula is C16H25N3O3S. The van der Waals surface area contributed by atoms with Crippen molar-refractivity contribution in [2.45, 2.75) is 30.2 Å². The average Bonchev–Trinajstić information content (AvgIpc) is 2.84. The zero-order valence-corrected chi connectivity index (χ0v) is 14.6. The minimum atomic E-state index is -3.41. The van der Waals surface area contributed by atoms with E-state index in [1.54, 1.807) is 29.7 Å². The van der Waals surface area contributed by atoms with Gasteiger partial charge < -0.3 is 9.64 Å². The first-order valence-corrected chi connectivity index (χ1v) is 9.50. The number of nitrogens with zero attached hydrogens (tertiary/aromatic N) is 3. The summed E-state index contributed by atoms with van der Waals surface area (Å²) in [5.74, 6) is 0. The summed E-state index contributed by atoms with van der Waals surface area (Å²) >= 11 is 0. The van der Waals surface area contributed by atoms with Gasteiger partial charge in [0.25, 0.3) is 0 Å². The summed E-state index contributed by atoms with van der Waals surface area (Å²) in [5.41, 5.74) is 0.235. The molecule has 128 valence electrons. The van der Waals surface area contributed by atoms with E-state index < -0.39 is 10.0 Å². The van der Waals surface area contributed by atoms with Gasteiger partial charge in [-0.25, -0.2) is 8.42 Å². The molecule has 0 aromatic carbocycles. The Hall–Kier alpha value is -1.02. The first-order chi connectivity index (χ1) is 11.0. The highest BCUT2D eigenvalue weighted by Crippen LogP contribution is 2.43. The number of rotatable bonds is 4. The van der Waals surface area contributed by atoms with Crippen molar-refractivity contribution in [2.75, 3.05) is 40.4 Å². The summed E-state index contributed by atoms with van der Waals surface area (Å²) < 4.78 is 32.3. The third-order valence-electron chi connectivity index (χ3n) is 5.29. The van der Waals surface area contributed by atoms with E-state index in [0.717, 1.165) is 32.4 Å². The van der Waals surface area contributed by atoms with Crippen LogP contribution in [0.2, 0.25) is 0 Å². The zero-order chi connectivity index (χ0) is 16.5. The average molecular weight is 339 g/mol. The maximum atomic E-state index is 12.7. The predicted molar refractivity (Wildman–Crippen MR) is 87.6 cm³/mol. The van der Waals surface area contributed by atoms with Crippen molar-refractivity contribution in [1.29, 1.82) is 0 Å². The van der Waals surface area contributed by atoms with Crippen LogP contribution in [0.15, 0.2) is 29.4 Å². The van der Waals surface area contributed by atoms with E-state index in [1.807, 2.05) is 0 Å². The SMILES string of the molecule is COC[C@H]1CC2(CCN(S(=O)(=O)c3cccnc3)CC2)CN1C. The van der Waals surface area contributed by atoms with Gasteiger partial charge in [0, 0.05) is 45.2 Å². The van der Waals surface area contributed by atoms with Crippen molar-refractivity contribution < 1.29 is 13.2 Å². The quantitative estimate of drug-likeness (QED) is 0.825. The maximum Gasteiger partial charge on any atom is 0.244 e. The molecule has 0 bridgehead atoms. The van der Waals surface area contributed by atoms with Crippen molar-refractivity contribution in [3.05, 3.63) is 24.5 Å². The van der Waals surface area contributed by atoms with Crippen molar-refractivity contribution in [3.8, 4) is 0 Å². The second-order valence-corrected chi connectivity index (χ2v) is 8.76. The molecule has 2 saturated heterocycles. The molecule has 2 fully saturated rings. The van der Waals surface area contributed by atoms with E-state index in [2.05, 4.69) is 16.9 Å². The molecule has 0 saturated carbocycles. The number of ether oxygens (including phenoxy) is 1. The van der Waals surface area contributed by atoms with E-state index in [4.69, 9.17) is 4.74 Å². The monoisotopic (exact) mass is 339 g/mol. The lowest BCUT2D eigenvalue weighted by Gasteiger charge is -2.38. The number of hydrogen-bond acceptors (Lipinski definition) is 5. The summed E-state index contributed by atoms with van der Waals surface area (Å²) in [6, 6.07) is 3.73. The molecule has 3 rings (SSSR count). The van der Waals surface area contributed by atoms with Crippen LogP contribution < -0.4 is 0 Å². The second kappa shape index (κ2) is 6.47. The highest BCUT2D eigenvalue weighted by Gasteiger charge is 2.45. The molecule has 0 amide bonds. The molecule has 0 aliphatic carbocycles. The fraction of sp³-hybridized carbons (Fsp3) is 0.688. The van der Waals surface area contributed by atoms with Gasteiger partial charge in [-0.3, -0.25) is 4.98 Å². The number of sulfonamides is 1. The largest absolute Gasteiger partial charge is 0.383 e. The Kier molecular flexibility index (Phi) is 4.73. The van der Waals surface area contributed by atoms with Gasteiger partial charge >= 0.3 is 0 Å². The Bertz CT molecular complexity index is 627. The van der Waals surface area contributed by atoms with Gasteiger partial charge in [0.05, 0.1) is 6.61 Å². The summed E-state index contributed by atoms with van der Waals surface area (Å²) in [7, 11) is 0.461. The topological polar surface area (TPSA) is 62.7 Å². The van der Waals surface area contributed by atoms with Gasteiger partial charge in [-0.15, -0.1) is 0 Å². The summed E-state index contributed by atoms with van der Waals surface area (Å²) in [4.78, 5) is 6.58. The predicted octanol–water partition coefficient (Wildman–Crippen LogP) is 1.20. The number of aromatic nitrogens is 1. The first-order valence-electron chi connectivity index (χ1n) is 8.06. The third kappa shape index (κ3) is 3.28. The van der Waals surface area contributed by atoms with Gasteiger partial charge in [-0.1, -0.05) is 0 Å². The lowest BCUT2D eigenvalue weighted by Crippen LogP contribution is -2.44. The molecule has 23 heavy (non-hydrogen) atoms. The number of hydrogen-bond donors (Lipinski definition) is 0. The Morgan fingerprint density at radius 3 is 2.74 bits per heavy atom. The Morgan fingerprint density at radius 2 is 2.13 bits per heavy atom. The number of likely N-dealkylation sites (tertiary alicyclic amines) is 1. The number of piperidine rings is 1. The van der Waals surface area contributed by atoms with Crippen molar-refractivity contribution in [3.63, 3.8) is 0 Å². The standard InChI is InChI=1S/C16H25N3O3S/c1-18-13-16(10-14(18)12-22-2)5-8-19(9-6-16)23(20,21)15-4-3-7-17-11-15/h3-4,7,11,14H,5-6,8-10,12-13H2,1-2H3/t14-/m1/s1. The van der Waals surface area contributed by atoms with Crippen molar-refractivity contribution >= 4 is 10.0 Å². The lowest BCUT2D eigenvalue weighted by atomic mass is 9.77. The molecule has 1 aromatic rings. The highest BCUT2D eigenvalue weighted by molar-refractivity contribution is 7.89. The molecule has 0 radical (unpaired) electrons. The van der Waals surface area contributed by atoms with Crippen molar-refractivity contribution in [1.82, 2.24) is 14.2 Å². The van der Waals surface area contributed by atoms with Crippen LogP contribution in [0, 0.1) is 5.41 Å². The molecular weight excluding hydrogens is 314 g/mol. The molecule has 6 nitrogen and oxygen atoms in total. The molecule has 0 unspecified atom stereocenters. The smallest absolute Gasteiger partial charge is 0.244 e. The van der Waals surface area contributed by atoms with Crippen molar-refractivity contribution in [2.24, 2.45) is 5.41 Å². The summed E-state index contributed by atoms with van der Waals surface area (Å²) in [5, 5.41) is 0. The third-order valence-corrected chi connectivity index (χ3v) is 7.17. The zero-order valence-electron chi connectivity index (χ0n) is 13.8. The fourth-order valence-electron chi connectivity index (χ4n) is 3.97. The maximum absolute atomic E-state index is 12.7. The molecule has 2 aliphatic rings. The highest BCUT2D eigenvalue weighted by atomic mass is 32.2. The van der Waals surface area contributed by atoms with E-state index in [1.165, 1.54) is 6.20 Å². The van der Waals surface area contributed by atoms with E-state index in [-0.39, 0.29) is 10.3 Å². The molecule has 1 aromatic heterocycles. The van der Waals surface area contributed by atoms with Gasteiger partial charge in [0.2, 0.25) is 10.0 Å². The van der Waals surface area contributed by atoms with Gasteiger partial charge in [-0.2, -0.15) is 4.31 Å². The first kappa shape index (κ1) is 16.8. The van der Waals surface area contributed by atoms with Crippen LogP contribution in [-0.2, 0) is 14.8 Å². The number of likely N-dealkylation sites (N-methyl/N-ethyl adjacent to an activating group) is 1. The van der Waals surface area contributed by atoms with Crippen LogP contribution in [-0.4, -0.2) is 69.0 Å². The molecule has 2 aliphatic heterocycles. The van der Waals surface area contributed by atoms with Gasteiger partial charge in [-0.05, 0) is 43.9 Å². The molecule has 7 heteroatoms.